The number of rotatable bonds is 6. The first kappa shape index (κ1) is 16.0. The Morgan fingerprint density at radius 1 is 1.46 bits per heavy atom. The molecule has 0 radical (unpaired) electrons. The third-order valence-corrected chi connectivity index (χ3v) is 3.63. The Bertz CT molecular complexity index is 866. The monoisotopic (exact) mass is 327 g/mol. The van der Waals surface area contributed by atoms with Crippen LogP contribution in [0.4, 0.5) is 5.82 Å². The number of oxazole rings is 1. The first-order valence-electron chi connectivity index (χ1n) is 7.36. The van der Waals surface area contributed by atoms with E-state index < -0.39 is 12.3 Å². The van der Waals surface area contributed by atoms with Crippen LogP contribution < -0.4 is 5.73 Å². The van der Waals surface area contributed by atoms with Crippen LogP contribution in [0.25, 0.3) is 22.5 Å². The molecule has 0 aliphatic rings. The van der Waals surface area contributed by atoms with E-state index in [2.05, 4.69) is 20.9 Å². The summed E-state index contributed by atoms with van der Waals surface area (Å²) < 4.78 is 13.0. The zero-order chi connectivity index (χ0) is 17.1. The molecule has 0 spiro atoms. The van der Waals surface area contributed by atoms with Crippen LogP contribution in [0.15, 0.2) is 29.4 Å². The van der Waals surface area contributed by atoms with Gasteiger partial charge in [0.2, 0.25) is 5.89 Å². The number of ether oxygens (including phenoxy) is 1. The topological polar surface area (TPSA) is 112 Å². The molecule has 24 heavy (non-hydrogen) atoms. The van der Waals surface area contributed by atoms with E-state index in [0.29, 0.717) is 34.7 Å². The lowest BCUT2D eigenvalue weighted by molar-refractivity contribution is -0.0605. The standard InChI is InChI=1S/C16H17N5O3/c1-3-4-11(8-22)24-10(2)21-7-12(16-18-5-6-23-16)13-14(17)19-9-20-15(13)21/h1,5-7,9-11,22H,4,8H2,2H3,(H2,17,19,20)/t10-,11+/m1/s1. The number of fused-ring (bicyclic) bond motifs is 1. The van der Waals surface area contributed by atoms with Gasteiger partial charge in [-0.3, -0.25) is 0 Å². The third kappa shape index (κ3) is 2.82. The fourth-order valence-electron chi connectivity index (χ4n) is 2.54. The van der Waals surface area contributed by atoms with E-state index >= 15 is 0 Å². The van der Waals surface area contributed by atoms with E-state index in [9.17, 15) is 5.11 Å². The second kappa shape index (κ2) is 6.70. The number of nitrogens with two attached hydrogens (primary N) is 1. The average molecular weight is 327 g/mol. The second-order valence-corrected chi connectivity index (χ2v) is 5.19. The molecule has 2 atom stereocenters. The Labute approximate surface area is 138 Å². The molecular formula is C16H17N5O3. The summed E-state index contributed by atoms with van der Waals surface area (Å²) in [6.07, 6.45) is 10.9. The Morgan fingerprint density at radius 3 is 2.96 bits per heavy atom. The quantitative estimate of drug-likeness (QED) is 0.661. The predicted molar refractivity (Wildman–Crippen MR) is 87.6 cm³/mol. The zero-order valence-corrected chi connectivity index (χ0v) is 13.1. The molecule has 0 bridgehead atoms. The molecule has 3 N–H and O–H groups in total. The van der Waals surface area contributed by atoms with Crippen molar-refractivity contribution in [1.82, 2.24) is 19.5 Å². The predicted octanol–water partition coefficient (Wildman–Crippen LogP) is 1.59. The summed E-state index contributed by atoms with van der Waals surface area (Å²) in [5.41, 5.74) is 7.26. The number of terminal acetylenes is 1. The molecule has 0 amide bonds. The van der Waals surface area contributed by atoms with Crippen LogP contribution in [0.2, 0.25) is 0 Å². The van der Waals surface area contributed by atoms with Crippen molar-refractivity contribution < 1.29 is 14.3 Å². The highest BCUT2D eigenvalue weighted by atomic mass is 16.5. The minimum atomic E-state index is -0.466. The Balaban J connectivity index is 2.06. The summed E-state index contributed by atoms with van der Waals surface area (Å²) in [6.45, 7) is 1.66. The van der Waals surface area contributed by atoms with Crippen molar-refractivity contribution in [2.24, 2.45) is 0 Å². The van der Waals surface area contributed by atoms with Crippen LogP contribution >= 0.6 is 0 Å². The summed E-state index contributed by atoms with van der Waals surface area (Å²) in [5, 5.41) is 10.00. The van der Waals surface area contributed by atoms with Crippen molar-refractivity contribution in [3.05, 3.63) is 25.0 Å². The van der Waals surface area contributed by atoms with Crippen molar-refractivity contribution in [2.75, 3.05) is 12.3 Å². The van der Waals surface area contributed by atoms with Crippen molar-refractivity contribution in [1.29, 1.82) is 0 Å². The van der Waals surface area contributed by atoms with Gasteiger partial charge in [0.05, 0.1) is 29.9 Å². The summed E-state index contributed by atoms with van der Waals surface area (Å²) in [5.74, 6) is 3.22. The molecule has 3 aromatic heterocycles. The molecule has 3 rings (SSSR count). The molecule has 0 fully saturated rings. The molecule has 124 valence electrons. The van der Waals surface area contributed by atoms with Crippen molar-refractivity contribution in [3.63, 3.8) is 0 Å². The van der Waals surface area contributed by atoms with Gasteiger partial charge in [-0.1, -0.05) is 0 Å². The summed E-state index contributed by atoms with van der Waals surface area (Å²) in [6, 6.07) is 0. The maximum absolute atomic E-state index is 9.37. The highest BCUT2D eigenvalue weighted by molar-refractivity contribution is 5.98. The number of hydrogen-bond acceptors (Lipinski definition) is 7. The maximum Gasteiger partial charge on any atom is 0.228 e. The van der Waals surface area contributed by atoms with Crippen molar-refractivity contribution in [3.8, 4) is 23.8 Å². The molecule has 0 aliphatic carbocycles. The third-order valence-electron chi connectivity index (χ3n) is 3.63. The van der Waals surface area contributed by atoms with E-state index in [1.807, 2.05) is 6.92 Å². The molecule has 8 nitrogen and oxygen atoms in total. The maximum atomic E-state index is 9.37. The van der Waals surface area contributed by atoms with Gasteiger partial charge in [-0.2, -0.15) is 0 Å². The molecule has 0 saturated heterocycles. The van der Waals surface area contributed by atoms with Gasteiger partial charge in [0.1, 0.15) is 30.3 Å². The number of hydrogen-bond donors (Lipinski definition) is 2. The number of nitrogens with zero attached hydrogens (tertiary/aromatic N) is 4. The number of aliphatic hydroxyl groups excluding tert-OH is 1. The highest BCUT2D eigenvalue weighted by Crippen LogP contribution is 2.33. The van der Waals surface area contributed by atoms with Crippen LogP contribution in [0.1, 0.15) is 19.6 Å². The highest BCUT2D eigenvalue weighted by Gasteiger charge is 2.22. The summed E-state index contributed by atoms with van der Waals surface area (Å²) in [4.78, 5) is 12.5. The van der Waals surface area contributed by atoms with Gasteiger partial charge in [-0.25, -0.2) is 15.0 Å². The second-order valence-electron chi connectivity index (χ2n) is 5.19. The minimum Gasteiger partial charge on any atom is -0.444 e. The number of anilines is 1. The average Bonchev–Trinajstić information content (AvgIpc) is 3.22. The van der Waals surface area contributed by atoms with E-state index in [-0.39, 0.29) is 6.61 Å². The number of nitrogen functional groups attached to an aromatic ring is 1. The molecule has 8 heteroatoms. The van der Waals surface area contributed by atoms with Crippen molar-refractivity contribution in [2.45, 2.75) is 25.7 Å². The van der Waals surface area contributed by atoms with Gasteiger partial charge in [0, 0.05) is 12.6 Å². The van der Waals surface area contributed by atoms with Gasteiger partial charge in [0.25, 0.3) is 0 Å². The van der Waals surface area contributed by atoms with Gasteiger partial charge >= 0.3 is 0 Å². The Morgan fingerprint density at radius 2 is 2.29 bits per heavy atom. The smallest absolute Gasteiger partial charge is 0.228 e. The van der Waals surface area contributed by atoms with Crippen molar-refractivity contribution >= 4 is 16.9 Å². The Kier molecular flexibility index (Phi) is 4.46. The molecular weight excluding hydrogens is 310 g/mol. The normalized spacial score (nSPS) is 13.7. The molecule has 0 aliphatic heterocycles. The van der Waals surface area contributed by atoms with Gasteiger partial charge in [0.15, 0.2) is 0 Å². The largest absolute Gasteiger partial charge is 0.444 e. The lowest BCUT2D eigenvalue weighted by atomic mass is 10.2. The van der Waals surface area contributed by atoms with Crippen LogP contribution in [0.3, 0.4) is 0 Å². The lowest BCUT2D eigenvalue weighted by Crippen LogP contribution is -2.22. The van der Waals surface area contributed by atoms with Crippen LogP contribution in [-0.2, 0) is 4.74 Å². The Hall–Kier alpha value is -2.89. The SMILES string of the molecule is C#CC[C@@H](CO)O[C@H](C)n1cc(-c2ncco2)c2c(N)ncnc21. The molecule has 0 aromatic carbocycles. The first-order chi connectivity index (χ1) is 11.7. The van der Waals surface area contributed by atoms with E-state index in [4.69, 9.17) is 21.3 Å². The van der Waals surface area contributed by atoms with Crippen LogP contribution in [0.5, 0.6) is 0 Å². The fourth-order valence-corrected chi connectivity index (χ4v) is 2.54. The van der Waals surface area contributed by atoms with E-state index in [0.717, 1.165) is 0 Å². The lowest BCUT2D eigenvalue weighted by Gasteiger charge is -2.21. The number of aromatic nitrogens is 4. The molecule has 3 heterocycles. The molecule has 3 aromatic rings. The van der Waals surface area contributed by atoms with Gasteiger partial charge in [-0.15, -0.1) is 12.3 Å². The van der Waals surface area contributed by atoms with Gasteiger partial charge < -0.3 is 24.6 Å². The minimum absolute atomic E-state index is 0.169. The van der Waals surface area contributed by atoms with Crippen LogP contribution in [0, 0.1) is 12.3 Å². The van der Waals surface area contributed by atoms with Crippen LogP contribution in [-0.4, -0.2) is 37.3 Å². The molecule has 0 saturated carbocycles. The molecule has 0 unspecified atom stereocenters. The zero-order valence-electron chi connectivity index (χ0n) is 13.1. The first-order valence-corrected chi connectivity index (χ1v) is 7.36. The summed E-state index contributed by atoms with van der Waals surface area (Å²) >= 11 is 0. The fraction of sp³-hybridized carbons (Fsp3) is 0.312. The van der Waals surface area contributed by atoms with Gasteiger partial charge in [-0.05, 0) is 6.92 Å². The summed E-state index contributed by atoms with van der Waals surface area (Å²) in [7, 11) is 0. The van der Waals surface area contributed by atoms with E-state index in [1.54, 1.807) is 17.0 Å². The number of aliphatic hydroxyl groups is 1. The van der Waals surface area contributed by atoms with E-state index in [1.165, 1.54) is 12.6 Å².